The van der Waals surface area contributed by atoms with E-state index in [1.807, 2.05) is 18.2 Å². The maximum absolute atomic E-state index is 11.6. The van der Waals surface area contributed by atoms with Crippen LogP contribution in [0.5, 0.6) is 0 Å². The molecule has 0 N–H and O–H groups in total. The molecule has 6 heteroatoms. The lowest BCUT2D eigenvalue weighted by Crippen LogP contribution is -2.31. The molecule has 2 aliphatic rings. The second-order valence-electron chi connectivity index (χ2n) is 3.68. The van der Waals surface area contributed by atoms with Crippen molar-refractivity contribution in [2.24, 2.45) is 5.16 Å². The van der Waals surface area contributed by atoms with Crippen molar-refractivity contribution in [2.75, 3.05) is 6.61 Å². The fraction of sp³-hybridized carbons (Fsp3) is 0.300. The first-order valence-corrected chi connectivity index (χ1v) is 6.33. The minimum atomic E-state index is -3.58. The van der Waals surface area contributed by atoms with Gasteiger partial charge in [-0.05, 0) is 0 Å². The van der Waals surface area contributed by atoms with E-state index in [0.717, 1.165) is 5.56 Å². The molecule has 2 heterocycles. The van der Waals surface area contributed by atoms with Crippen molar-refractivity contribution >= 4 is 15.8 Å². The van der Waals surface area contributed by atoms with Crippen molar-refractivity contribution < 1.29 is 17.4 Å². The predicted molar refractivity (Wildman–Crippen MR) is 56.5 cm³/mol. The molecule has 16 heavy (non-hydrogen) atoms. The zero-order chi connectivity index (χ0) is 11.2. The summed E-state index contributed by atoms with van der Waals surface area (Å²) in [6, 6.07) is 9.12. The SMILES string of the molecule is O=S1(=O)OC[C@H]2ON=C(c3ccccc3)[C@H]21. The fourth-order valence-corrected chi connectivity index (χ4v) is 3.33. The molecule has 3 rings (SSSR count). The quantitative estimate of drug-likeness (QED) is 0.670. The Kier molecular flexibility index (Phi) is 2.02. The van der Waals surface area contributed by atoms with Gasteiger partial charge in [0.25, 0.3) is 10.1 Å². The molecular weight excluding hydrogens is 230 g/mol. The summed E-state index contributed by atoms with van der Waals surface area (Å²) in [4.78, 5) is 5.06. The highest BCUT2D eigenvalue weighted by Crippen LogP contribution is 2.30. The van der Waals surface area contributed by atoms with Crippen LogP contribution < -0.4 is 0 Å². The van der Waals surface area contributed by atoms with Gasteiger partial charge >= 0.3 is 0 Å². The second-order valence-corrected chi connectivity index (χ2v) is 5.41. The first kappa shape index (κ1) is 9.80. The molecule has 84 valence electrons. The van der Waals surface area contributed by atoms with Crippen LogP contribution in [0.4, 0.5) is 0 Å². The lowest BCUT2D eigenvalue weighted by atomic mass is 10.1. The smallest absolute Gasteiger partial charge is 0.280 e. The molecule has 2 atom stereocenters. The number of hydrogen-bond acceptors (Lipinski definition) is 5. The second kappa shape index (κ2) is 3.29. The first-order valence-electron chi connectivity index (χ1n) is 4.86. The Morgan fingerprint density at radius 3 is 2.75 bits per heavy atom. The van der Waals surface area contributed by atoms with E-state index in [4.69, 9.17) is 9.02 Å². The van der Waals surface area contributed by atoms with E-state index in [1.54, 1.807) is 12.1 Å². The van der Waals surface area contributed by atoms with Gasteiger partial charge in [0.15, 0.2) is 11.4 Å². The molecule has 0 unspecified atom stereocenters. The van der Waals surface area contributed by atoms with E-state index in [-0.39, 0.29) is 6.61 Å². The molecule has 2 aliphatic heterocycles. The van der Waals surface area contributed by atoms with Gasteiger partial charge in [-0.15, -0.1) is 0 Å². The summed E-state index contributed by atoms with van der Waals surface area (Å²) in [5, 5.41) is 3.06. The topological polar surface area (TPSA) is 65.0 Å². The van der Waals surface area contributed by atoms with Crippen LogP contribution in [0.15, 0.2) is 35.5 Å². The highest BCUT2D eigenvalue weighted by atomic mass is 32.2. The number of nitrogens with zero attached hydrogens (tertiary/aromatic N) is 1. The predicted octanol–water partition coefficient (Wildman–Crippen LogP) is 0.518. The average Bonchev–Trinajstić information content (AvgIpc) is 2.82. The molecule has 1 aromatic rings. The van der Waals surface area contributed by atoms with E-state index < -0.39 is 21.5 Å². The maximum atomic E-state index is 11.6. The Labute approximate surface area is 92.8 Å². The highest BCUT2D eigenvalue weighted by Gasteiger charge is 2.51. The summed E-state index contributed by atoms with van der Waals surface area (Å²) >= 11 is 0. The van der Waals surface area contributed by atoms with Crippen LogP contribution >= 0.6 is 0 Å². The molecule has 0 saturated carbocycles. The van der Waals surface area contributed by atoms with Crippen molar-refractivity contribution in [3.05, 3.63) is 35.9 Å². The largest absolute Gasteiger partial charge is 0.388 e. The lowest BCUT2D eigenvalue weighted by molar-refractivity contribution is 0.0683. The van der Waals surface area contributed by atoms with Crippen LogP contribution in [0.3, 0.4) is 0 Å². The third-order valence-electron chi connectivity index (χ3n) is 2.67. The van der Waals surface area contributed by atoms with Crippen LogP contribution in [-0.2, 0) is 19.1 Å². The van der Waals surface area contributed by atoms with E-state index in [1.165, 1.54) is 0 Å². The van der Waals surface area contributed by atoms with Gasteiger partial charge in [-0.2, -0.15) is 8.42 Å². The Balaban J connectivity index is 2.05. The van der Waals surface area contributed by atoms with E-state index in [2.05, 4.69) is 5.16 Å². The molecule has 0 radical (unpaired) electrons. The van der Waals surface area contributed by atoms with Gasteiger partial charge in [0.2, 0.25) is 0 Å². The highest BCUT2D eigenvalue weighted by molar-refractivity contribution is 7.88. The average molecular weight is 239 g/mol. The number of hydrogen-bond donors (Lipinski definition) is 0. The zero-order valence-electron chi connectivity index (χ0n) is 8.24. The molecule has 0 amide bonds. The summed E-state index contributed by atoms with van der Waals surface area (Å²) in [6.45, 7) is 0.0484. The zero-order valence-corrected chi connectivity index (χ0v) is 9.05. The molecule has 1 fully saturated rings. The number of benzene rings is 1. The van der Waals surface area contributed by atoms with E-state index >= 15 is 0 Å². The Hall–Kier alpha value is -1.40. The van der Waals surface area contributed by atoms with Gasteiger partial charge in [-0.25, -0.2) is 0 Å². The van der Waals surface area contributed by atoms with E-state index in [0.29, 0.717) is 5.71 Å². The van der Waals surface area contributed by atoms with Gasteiger partial charge in [-0.3, -0.25) is 4.18 Å². The molecular formula is C10H9NO4S. The minimum Gasteiger partial charge on any atom is -0.388 e. The van der Waals surface area contributed by atoms with Crippen LogP contribution in [-0.4, -0.2) is 32.1 Å². The fourth-order valence-electron chi connectivity index (χ4n) is 1.91. The van der Waals surface area contributed by atoms with Crippen LogP contribution in [0, 0.1) is 0 Å². The van der Waals surface area contributed by atoms with Crippen LogP contribution in [0.2, 0.25) is 0 Å². The normalized spacial score (nSPS) is 30.6. The van der Waals surface area contributed by atoms with Gasteiger partial charge in [0.05, 0.1) is 0 Å². The van der Waals surface area contributed by atoms with E-state index in [9.17, 15) is 8.42 Å². The van der Waals surface area contributed by atoms with Crippen molar-refractivity contribution in [3.8, 4) is 0 Å². The standard InChI is InChI=1S/C10H9NO4S/c12-16(13)10-8(6-14-16)15-11-9(10)7-4-2-1-3-5-7/h1-5,8,10H,6H2/t8-,10+/m1/s1. The molecule has 1 saturated heterocycles. The number of fused-ring (bicyclic) bond motifs is 1. The number of oxime groups is 1. The van der Waals surface area contributed by atoms with Crippen molar-refractivity contribution in [2.45, 2.75) is 11.4 Å². The summed E-state index contributed by atoms with van der Waals surface area (Å²) in [5.74, 6) is 0. The molecule has 0 aliphatic carbocycles. The molecule has 1 aromatic carbocycles. The van der Waals surface area contributed by atoms with Crippen molar-refractivity contribution in [1.82, 2.24) is 0 Å². The van der Waals surface area contributed by atoms with Crippen molar-refractivity contribution in [3.63, 3.8) is 0 Å². The van der Waals surface area contributed by atoms with Gasteiger partial charge in [0, 0.05) is 5.56 Å². The first-order chi connectivity index (χ1) is 7.68. The summed E-state index contributed by atoms with van der Waals surface area (Å²) in [7, 11) is -3.58. The van der Waals surface area contributed by atoms with Crippen LogP contribution in [0.1, 0.15) is 5.56 Å². The Morgan fingerprint density at radius 2 is 2.00 bits per heavy atom. The maximum Gasteiger partial charge on any atom is 0.280 e. The molecule has 5 nitrogen and oxygen atoms in total. The molecule has 0 aromatic heterocycles. The van der Waals surface area contributed by atoms with Gasteiger partial charge < -0.3 is 4.84 Å². The summed E-state index contributed by atoms with van der Waals surface area (Å²) in [5.41, 5.74) is 1.19. The van der Waals surface area contributed by atoms with Crippen LogP contribution in [0.25, 0.3) is 0 Å². The minimum absolute atomic E-state index is 0.0484. The van der Waals surface area contributed by atoms with Gasteiger partial charge in [-0.1, -0.05) is 35.5 Å². The third kappa shape index (κ3) is 1.34. The summed E-state index contributed by atoms with van der Waals surface area (Å²) < 4.78 is 28.0. The lowest BCUT2D eigenvalue weighted by Gasteiger charge is -2.06. The number of rotatable bonds is 1. The van der Waals surface area contributed by atoms with Gasteiger partial charge in [0.1, 0.15) is 12.3 Å². The molecule has 0 spiro atoms. The Morgan fingerprint density at radius 1 is 1.25 bits per heavy atom. The monoisotopic (exact) mass is 239 g/mol. The van der Waals surface area contributed by atoms with Crippen molar-refractivity contribution in [1.29, 1.82) is 0 Å². The molecule has 0 bridgehead atoms. The summed E-state index contributed by atoms with van der Waals surface area (Å²) in [6.07, 6.45) is -0.500. The Bertz CT molecular complexity index is 537. The third-order valence-corrected chi connectivity index (χ3v) is 4.28.